The number of halogens is 1. The summed E-state index contributed by atoms with van der Waals surface area (Å²) in [6.07, 6.45) is -0.0957. The number of amides is 3. The Morgan fingerprint density at radius 2 is 1.97 bits per heavy atom. The van der Waals surface area contributed by atoms with Gasteiger partial charge in [-0.25, -0.2) is 9.18 Å². The standard InChI is InChI=1S/C29H33FN4O5/c1-28(2,3)29(17-34(27(37)38)11-4-12-39-29)26(36)33-22(16-31)14-21-6-5-19(15-24(21)30)18-7-8-23-20(13-18)9-10-32-25(23)35/h5-8,13,15,22H,4,9-12,14,17H2,1-3H3,(H,32,35)(H,33,36)(H,37,38)/t22-,29?/m0/s1. The van der Waals surface area contributed by atoms with Crippen LogP contribution in [0.2, 0.25) is 0 Å². The molecule has 2 heterocycles. The smallest absolute Gasteiger partial charge is 0.407 e. The number of ether oxygens (including phenoxy) is 1. The average molecular weight is 537 g/mol. The van der Waals surface area contributed by atoms with Crippen LogP contribution in [0, 0.1) is 22.6 Å². The van der Waals surface area contributed by atoms with E-state index in [2.05, 4.69) is 10.6 Å². The molecular weight excluding hydrogens is 503 g/mol. The Morgan fingerprint density at radius 3 is 2.64 bits per heavy atom. The summed E-state index contributed by atoms with van der Waals surface area (Å²) in [7, 11) is 0. The van der Waals surface area contributed by atoms with Gasteiger partial charge in [0.1, 0.15) is 11.9 Å². The molecule has 10 heteroatoms. The number of hydrogen-bond donors (Lipinski definition) is 3. The third-order valence-corrected chi connectivity index (χ3v) is 7.48. The minimum Gasteiger partial charge on any atom is -0.465 e. The Kier molecular flexibility index (Phi) is 7.93. The lowest BCUT2D eigenvalue weighted by Gasteiger charge is -2.43. The normalized spacial score (nSPS) is 20.2. The van der Waals surface area contributed by atoms with E-state index in [1.165, 1.54) is 6.07 Å². The molecule has 2 aliphatic rings. The molecule has 2 aliphatic heterocycles. The second-order valence-corrected chi connectivity index (χ2v) is 11.0. The molecule has 0 radical (unpaired) electrons. The molecule has 2 aromatic rings. The Bertz CT molecular complexity index is 1330. The predicted molar refractivity (Wildman–Crippen MR) is 141 cm³/mol. The van der Waals surface area contributed by atoms with Gasteiger partial charge in [0, 0.05) is 37.1 Å². The number of rotatable bonds is 5. The quantitative estimate of drug-likeness (QED) is 0.536. The maximum absolute atomic E-state index is 15.2. The van der Waals surface area contributed by atoms with Crippen LogP contribution in [0.1, 0.15) is 48.7 Å². The molecule has 39 heavy (non-hydrogen) atoms. The molecular formula is C29H33FN4O5. The zero-order valence-electron chi connectivity index (χ0n) is 22.3. The van der Waals surface area contributed by atoms with Crippen molar-refractivity contribution in [1.29, 1.82) is 5.26 Å². The van der Waals surface area contributed by atoms with Crippen molar-refractivity contribution in [2.24, 2.45) is 5.41 Å². The fourth-order valence-corrected chi connectivity index (χ4v) is 5.11. The molecule has 3 amide bonds. The molecule has 4 rings (SSSR count). The number of carbonyl (C=O) groups is 3. The van der Waals surface area contributed by atoms with Gasteiger partial charge in [0.2, 0.25) is 0 Å². The lowest BCUT2D eigenvalue weighted by atomic mass is 9.75. The van der Waals surface area contributed by atoms with Gasteiger partial charge in [-0.2, -0.15) is 5.26 Å². The van der Waals surface area contributed by atoms with Crippen molar-refractivity contribution in [3.63, 3.8) is 0 Å². The maximum atomic E-state index is 15.2. The van der Waals surface area contributed by atoms with E-state index in [0.29, 0.717) is 30.5 Å². The van der Waals surface area contributed by atoms with Gasteiger partial charge < -0.3 is 25.4 Å². The Balaban J connectivity index is 1.53. The fourth-order valence-electron chi connectivity index (χ4n) is 5.11. The van der Waals surface area contributed by atoms with E-state index in [0.717, 1.165) is 16.0 Å². The molecule has 0 saturated carbocycles. The summed E-state index contributed by atoms with van der Waals surface area (Å²) in [5.41, 5.74) is 0.867. The minimum atomic E-state index is -1.53. The number of hydrogen-bond acceptors (Lipinski definition) is 5. The summed E-state index contributed by atoms with van der Waals surface area (Å²) in [4.78, 5) is 38.5. The molecule has 2 atom stereocenters. The van der Waals surface area contributed by atoms with E-state index < -0.39 is 34.9 Å². The summed E-state index contributed by atoms with van der Waals surface area (Å²) in [5.74, 6) is -1.25. The Labute approximate surface area is 226 Å². The maximum Gasteiger partial charge on any atom is 0.407 e. The molecule has 1 saturated heterocycles. The third-order valence-electron chi connectivity index (χ3n) is 7.48. The molecule has 1 fully saturated rings. The van der Waals surface area contributed by atoms with E-state index >= 15 is 4.39 Å². The van der Waals surface area contributed by atoms with E-state index in [9.17, 15) is 24.8 Å². The van der Waals surface area contributed by atoms with Crippen molar-refractivity contribution in [2.45, 2.75) is 51.7 Å². The van der Waals surface area contributed by atoms with E-state index in [-0.39, 0.29) is 37.6 Å². The second-order valence-electron chi connectivity index (χ2n) is 11.0. The molecule has 206 valence electrons. The van der Waals surface area contributed by atoms with Crippen molar-refractivity contribution in [3.05, 3.63) is 58.9 Å². The molecule has 9 nitrogen and oxygen atoms in total. The summed E-state index contributed by atoms with van der Waals surface area (Å²) in [5, 5.41) is 24.9. The first-order valence-electron chi connectivity index (χ1n) is 13.0. The highest BCUT2D eigenvalue weighted by molar-refractivity contribution is 5.97. The summed E-state index contributed by atoms with van der Waals surface area (Å²) >= 11 is 0. The topological polar surface area (TPSA) is 132 Å². The van der Waals surface area contributed by atoms with Crippen LogP contribution in [0.15, 0.2) is 36.4 Å². The highest BCUT2D eigenvalue weighted by Gasteiger charge is 2.53. The van der Waals surface area contributed by atoms with Gasteiger partial charge >= 0.3 is 6.09 Å². The lowest BCUT2D eigenvalue weighted by molar-refractivity contribution is -0.165. The Hall–Kier alpha value is -3.97. The number of carboxylic acid groups (broad SMARTS) is 1. The number of benzene rings is 2. The monoisotopic (exact) mass is 536 g/mol. The van der Waals surface area contributed by atoms with Gasteiger partial charge in [-0.05, 0) is 47.2 Å². The number of nitriles is 1. The molecule has 1 unspecified atom stereocenters. The van der Waals surface area contributed by atoms with Gasteiger partial charge in [-0.15, -0.1) is 0 Å². The van der Waals surface area contributed by atoms with Crippen LogP contribution in [0.5, 0.6) is 0 Å². The van der Waals surface area contributed by atoms with Crippen LogP contribution in [0.25, 0.3) is 11.1 Å². The van der Waals surface area contributed by atoms with E-state index in [4.69, 9.17) is 4.74 Å². The molecule has 0 bridgehead atoms. The summed E-state index contributed by atoms with van der Waals surface area (Å²) < 4.78 is 21.2. The van der Waals surface area contributed by atoms with Crippen LogP contribution >= 0.6 is 0 Å². The van der Waals surface area contributed by atoms with Crippen molar-refractivity contribution < 1.29 is 28.6 Å². The van der Waals surface area contributed by atoms with Crippen LogP contribution < -0.4 is 10.6 Å². The average Bonchev–Trinajstić information content (AvgIpc) is 3.14. The highest BCUT2D eigenvalue weighted by Crippen LogP contribution is 2.37. The number of fused-ring (bicyclic) bond motifs is 1. The van der Waals surface area contributed by atoms with E-state index in [1.807, 2.05) is 12.1 Å². The SMILES string of the molecule is CC(C)(C)C1(C(=O)N[C@H](C#N)Cc2ccc(-c3ccc4c(c3)CCNC4=O)cc2F)CN(C(=O)O)CCCO1. The van der Waals surface area contributed by atoms with E-state index in [1.54, 1.807) is 45.0 Å². The fraction of sp³-hybridized carbons (Fsp3) is 0.448. The van der Waals surface area contributed by atoms with Gasteiger partial charge in [0.15, 0.2) is 5.60 Å². The number of nitrogens with one attached hydrogen (secondary N) is 2. The van der Waals surface area contributed by atoms with Crippen molar-refractivity contribution in [1.82, 2.24) is 15.5 Å². The summed E-state index contributed by atoms with van der Waals surface area (Å²) in [6.45, 7) is 6.15. The van der Waals surface area contributed by atoms with Crippen molar-refractivity contribution in [2.75, 3.05) is 26.2 Å². The van der Waals surface area contributed by atoms with Crippen LogP contribution in [0.3, 0.4) is 0 Å². The molecule has 0 aromatic heterocycles. The van der Waals surface area contributed by atoms with Crippen LogP contribution in [-0.4, -0.2) is 65.8 Å². The second kappa shape index (κ2) is 11.0. The first-order chi connectivity index (χ1) is 18.4. The van der Waals surface area contributed by atoms with Gasteiger partial charge in [-0.1, -0.05) is 45.0 Å². The number of nitrogens with zero attached hydrogens (tertiary/aromatic N) is 2. The van der Waals surface area contributed by atoms with Gasteiger partial charge in [0.05, 0.1) is 12.6 Å². The highest BCUT2D eigenvalue weighted by atomic mass is 19.1. The van der Waals surface area contributed by atoms with Gasteiger partial charge in [-0.3, -0.25) is 9.59 Å². The zero-order chi connectivity index (χ0) is 28.4. The van der Waals surface area contributed by atoms with Crippen molar-refractivity contribution >= 4 is 17.9 Å². The molecule has 0 spiro atoms. The lowest BCUT2D eigenvalue weighted by Crippen LogP contribution is -2.63. The van der Waals surface area contributed by atoms with Crippen molar-refractivity contribution in [3.8, 4) is 17.2 Å². The molecule has 3 N–H and O–H groups in total. The number of carbonyl (C=O) groups excluding carboxylic acids is 2. The molecule has 2 aromatic carbocycles. The minimum absolute atomic E-state index is 0.0818. The zero-order valence-corrected chi connectivity index (χ0v) is 22.3. The first kappa shape index (κ1) is 28.0. The first-order valence-corrected chi connectivity index (χ1v) is 13.0. The predicted octanol–water partition coefficient (Wildman–Crippen LogP) is 3.51. The Morgan fingerprint density at radius 1 is 1.26 bits per heavy atom. The summed E-state index contributed by atoms with van der Waals surface area (Å²) in [6, 6.07) is 11.1. The largest absolute Gasteiger partial charge is 0.465 e. The van der Waals surface area contributed by atoms with Crippen LogP contribution in [0.4, 0.5) is 9.18 Å². The van der Waals surface area contributed by atoms with Crippen LogP contribution in [-0.2, 0) is 22.4 Å². The van der Waals surface area contributed by atoms with Gasteiger partial charge in [0.25, 0.3) is 11.8 Å². The molecule has 0 aliphatic carbocycles. The third kappa shape index (κ3) is 5.73.